The van der Waals surface area contributed by atoms with Gasteiger partial charge in [0, 0.05) is 0 Å². The van der Waals surface area contributed by atoms with E-state index < -0.39 is 10.0 Å². The molecule has 0 saturated carbocycles. The van der Waals surface area contributed by atoms with Gasteiger partial charge in [-0.3, -0.25) is 4.72 Å². The van der Waals surface area contributed by atoms with E-state index in [-0.39, 0.29) is 10.8 Å². The van der Waals surface area contributed by atoms with Gasteiger partial charge in [-0.15, -0.1) is 0 Å². The van der Waals surface area contributed by atoms with Crippen molar-refractivity contribution in [2.45, 2.75) is 44.9 Å². The molecule has 0 aliphatic rings. The first-order valence-corrected chi connectivity index (χ1v) is 9.57. The largest absolute Gasteiger partial charge is 0.496 e. The van der Waals surface area contributed by atoms with Gasteiger partial charge >= 0.3 is 0 Å². The lowest BCUT2D eigenvalue weighted by molar-refractivity contribution is 0.407. The van der Waals surface area contributed by atoms with E-state index in [2.05, 4.69) is 4.72 Å². The molecule has 0 aliphatic heterocycles. The van der Waals surface area contributed by atoms with Crippen molar-refractivity contribution in [2.24, 2.45) is 0 Å². The molecule has 2 rings (SSSR count). The number of anilines is 1. The van der Waals surface area contributed by atoms with Crippen LogP contribution in [0.2, 0.25) is 0 Å². The fraction of sp³-hybridized carbons (Fsp3) is 0.368. The summed E-state index contributed by atoms with van der Waals surface area (Å²) in [4.78, 5) is 0.248. The van der Waals surface area contributed by atoms with E-state index in [1.165, 1.54) is 0 Å². The zero-order chi connectivity index (χ0) is 17.9. The minimum Gasteiger partial charge on any atom is -0.496 e. The second-order valence-corrected chi connectivity index (χ2v) is 7.81. The fourth-order valence-corrected chi connectivity index (χ4v) is 3.90. The molecule has 0 radical (unpaired) electrons. The van der Waals surface area contributed by atoms with Gasteiger partial charge in [0.15, 0.2) is 0 Å². The van der Waals surface area contributed by atoms with Crippen LogP contribution in [0.15, 0.2) is 41.3 Å². The van der Waals surface area contributed by atoms with Crippen LogP contribution in [0.5, 0.6) is 5.75 Å². The first kappa shape index (κ1) is 18.3. The average Bonchev–Trinajstić information content (AvgIpc) is 2.55. The molecule has 0 spiro atoms. The molecule has 0 aromatic heterocycles. The lowest BCUT2D eigenvalue weighted by atomic mass is 10.0. The van der Waals surface area contributed by atoms with Gasteiger partial charge in [-0.1, -0.05) is 39.0 Å². The van der Waals surface area contributed by atoms with Crippen molar-refractivity contribution < 1.29 is 13.2 Å². The number of rotatable bonds is 6. The zero-order valence-electron chi connectivity index (χ0n) is 14.9. The van der Waals surface area contributed by atoms with Crippen molar-refractivity contribution in [2.75, 3.05) is 11.8 Å². The quantitative estimate of drug-likeness (QED) is 0.837. The van der Waals surface area contributed by atoms with E-state index in [4.69, 9.17) is 4.74 Å². The number of nitrogens with one attached hydrogen (secondary N) is 1. The minimum absolute atomic E-state index is 0.166. The number of para-hydroxylation sites is 1. The Morgan fingerprint density at radius 2 is 1.88 bits per heavy atom. The number of sulfonamides is 1. The molecule has 0 atom stereocenters. The average molecular weight is 347 g/mol. The van der Waals surface area contributed by atoms with Gasteiger partial charge in [0.2, 0.25) is 0 Å². The number of methoxy groups -OCH3 is 1. The highest BCUT2D eigenvalue weighted by Crippen LogP contribution is 2.30. The SMILES string of the molecule is CCc1cccc(C)c1NS(=O)(=O)c1ccc(OC)c(C(C)C)c1. The van der Waals surface area contributed by atoms with E-state index in [0.29, 0.717) is 11.4 Å². The van der Waals surface area contributed by atoms with Crippen LogP contribution in [0.3, 0.4) is 0 Å². The summed E-state index contributed by atoms with van der Waals surface area (Å²) in [5.74, 6) is 0.869. The zero-order valence-corrected chi connectivity index (χ0v) is 15.7. The van der Waals surface area contributed by atoms with Crippen LogP contribution < -0.4 is 9.46 Å². The van der Waals surface area contributed by atoms with Crippen LogP contribution >= 0.6 is 0 Å². The predicted octanol–water partition coefficient (Wildman–Crippen LogP) is 4.49. The van der Waals surface area contributed by atoms with Crippen molar-refractivity contribution in [3.8, 4) is 5.75 Å². The Bertz CT molecular complexity index is 827. The molecule has 130 valence electrons. The number of ether oxygens (including phenoxy) is 1. The summed E-state index contributed by atoms with van der Waals surface area (Å²) in [6.07, 6.45) is 0.763. The Labute approximate surface area is 144 Å². The standard InChI is InChI=1S/C19H25NO3S/c1-6-15-9-7-8-14(4)19(15)20-24(21,22)16-10-11-18(23-5)17(12-16)13(2)3/h7-13,20H,6H2,1-5H3. The molecule has 0 aliphatic carbocycles. The summed E-state index contributed by atoms with van der Waals surface area (Å²) >= 11 is 0. The third-order valence-electron chi connectivity index (χ3n) is 4.11. The number of hydrogen-bond donors (Lipinski definition) is 1. The molecule has 0 unspecified atom stereocenters. The van der Waals surface area contributed by atoms with Crippen LogP contribution in [-0.2, 0) is 16.4 Å². The fourth-order valence-electron chi connectivity index (χ4n) is 2.69. The molecule has 0 fully saturated rings. The molecule has 0 saturated heterocycles. The Balaban J connectivity index is 2.47. The molecule has 4 nitrogen and oxygen atoms in total. The second-order valence-electron chi connectivity index (χ2n) is 6.13. The molecular weight excluding hydrogens is 322 g/mol. The van der Waals surface area contributed by atoms with Crippen LogP contribution in [0, 0.1) is 6.92 Å². The van der Waals surface area contributed by atoms with E-state index in [1.807, 2.05) is 45.9 Å². The summed E-state index contributed by atoms with van der Waals surface area (Å²) < 4.78 is 33.8. The molecule has 0 bridgehead atoms. The van der Waals surface area contributed by atoms with E-state index >= 15 is 0 Å². The maximum absolute atomic E-state index is 12.8. The summed E-state index contributed by atoms with van der Waals surface area (Å²) in [6, 6.07) is 10.8. The van der Waals surface area contributed by atoms with Crippen LogP contribution in [0.4, 0.5) is 5.69 Å². The maximum Gasteiger partial charge on any atom is 0.261 e. The molecule has 2 aromatic carbocycles. The van der Waals surface area contributed by atoms with Crippen molar-refractivity contribution in [3.63, 3.8) is 0 Å². The lowest BCUT2D eigenvalue weighted by Gasteiger charge is -2.17. The highest BCUT2D eigenvalue weighted by Gasteiger charge is 2.19. The summed E-state index contributed by atoms with van der Waals surface area (Å²) in [5, 5.41) is 0. The number of hydrogen-bond acceptors (Lipinski definition) is 3. The molecule has 24 heavy (non-hydrogen) atoms. The Hall–Kier alpha value is -2.01. The number of benzene rings is 2. The van der Waals surface area contributed by atoms with Gasteiger partial charge in [-0.25, -0.2) is 8.42 Å². The number of aryl methyl sites for hydroxylation is 2. The van der Waals surface area contributed by atoms with Gasteiger partial charge in [0.05, 0.1) is 17.7 Å². The highest BCUT2D eigenvalue weighted by atomic mass is 32.2. The lowest BCUT2D eigenvalue weighted by Crippen LogP contribution is -2.15. The van der Waals surface area contributed by atoms with Gasteiger partial charge < -0.3 is 4.74 Å². The van der Waals surface area contributed by atoms with E-state index in [9.17, 15) is 8.42 Å². The summed E-state index contributed by atoms with van der Waals surface area (Å²) in [6.45, 7) is 7.94. The highest BCUT2D eigenvalue weighted by molar-refractivity contribution is 7.92. The van der Waals surface area contributed by atoms with Crippen molar-refractivity contribution in [3.05, 3.63) is 53.1 Å². The Morgan fingerprint density at radius 3 is 2.46 bits per heavy atom. The maximum atomic E-state index is 12.8. The van der Waals surface area contributed by atoms with Crippen LogP contribution in [0.1, 0.15) is 43.4 Å². The Morgan fingerprint density at radius 1 is 1.17 bits per heavy atom. The normalized spacial score (nSPS) is 11.6. The van der Waals surface area contributed by atoms with Gasteiger partial charge in [-0.2, -0.15) is 0 Å². The predicted molar refractivity (Wildman–Crippen MR) is 98.4 cm³/mol. The molecule has 5 heteroatoms. The second kappa shape index (κ2) is 7.26. The topological polar surface area (TPSA) is 55.4 Å². The van der Waals surface area contributed by atoms with Crippen molar-refractivity contribution in [1.82, 2.24) is 0 Å². The van der Waals surface area contributed by atoms with Crippen molar-refractivity contribution >= 4 is 15.7 Å². The summed E-state index contributed by atoms with van der Waals surface area (Å²) in [5.41, 5.74) is 3.44. The van der Waals surface area contributed by atoms with Gasteiger partial charge in [0.25, 0.3) is 10.0 Å². The molecule has 0 amide bonds. The smallest absolute Gasteiger partial charge is 0.261 e. The molecular formula is C19H25NO3S. The van der Waals surface area contributed by atoms with Gasteiger partial charge in [0.1, 0.15) is 5.75 Å². The third-order valence-corrected chi connectivity index (χ3v) is 5.46. The van der Waals surface area contributed by atoms with Crippen LogP contribution in [0.25, 0.3) is 0 Å². The monoisotopic (exact) mass is 347 g/mol. The molecule has 1 N–H and O–H groups in total. The van der Waals surface area contributed by atoms with Gasteiger partial charge in [-0.05, 0) is 54.2 Å². The first-order valence-electron chi connectivity index (χ1n) is 8.09. The third kappa shape index (κ3) is 3.73. The molecule has 0 heterocycles. The first-order chi connectivity index (χ1) is 11.3. The Kier molecular flexibility index (Phi) is 5.54. The van der Waals surface area contributed by atoms with E-state index in [0.717, 1.165) is 23.1 Å². The summed E-state index contributed by atoms with van der Waals surface area (Å²) in [7, 11) is -2.06. The van der Waals surface area contributed by atoms with E-state index in [1.54, 1.807) is 25.3 Å². The minimum atomic E-state index is -3.65. The molecule has 2 aromatic rings. The van der Waals surface area contributed by atoms with Crippen LogP contribution in [-0.4, -0.2) is 15.5 Å². The van der Waals surface area contributed by atoms with Crippen molar-refractivity contribution in [1.29, 1.82) is 0 Å².